The van der Waals surface area contributed by atoms with E-state index in [9.17, 15) is 4.79 Å². The zero-order valence-corrected chi connectivity index (χ0v) is 11.7. The van der Waals surface area contributed by atoms with Crippen LogP contribution >= 0.6 is 11.3 Å². The lowest BCUT2D eigenvalue weighted by Gasteiger charge is -2.01. The SMILES string of the molecule is CCc1ccc(-c2csc3nc(C)[nH]c(=O)c23)cc1. The van der Waals surface area contributed by atoms with E-state index < -0.39 is 0 Å². The summed E-state index contributed by atoms with van der Waals surface area (Å²) in [6, 6.07) is 8.35. The van der Waals surface area contributed by atoms with Gasteiger partial charge in [0.1, 0.15) is 10.7 Å². The molecule has 0 aliphatic carbocycles. The van der Waals surface area contributed by atoms with Crippen LogP contribution in [-0.4, -0.2) is 9.97 Å². The molecule has 0 aliphatic rings. The predicted octanol–water partition coefficient (Wildman–Crippen LogP) is 3.52. The van der Waals surface area contributed by atoms with Gasteiger partial charge in [0.25, 0.3) is 5.56 Å². The van der Waals surface area contributed by atoms with Crippen LogP contribution in [0.2, 0.25) is 0 Å². The van der Waals surface area contributed by atoms with Crippen LogP contribution in [0.5, 0.6) is 0 Å². The molecule has 96 valence electrons. The van der Waals surface area contributed by atoms with E-state index in [2.05, 4.69) is 41.2 Å². The second-order valence-electron chi connectivity index (χ2n) is 4.53. The van der Waals surface area contributed by atoms with Crippen molar-refractivity contribution in [2.24, 2.45) is 0 Å². The molecule has 0 fully saturated rings. The standard InChI is InChI=1S/C15H14N2OS/c1-3-10-4-6-11(7-5-10)12-8-19-15-13(12)14(18)16-9(2)17-15/h4-8H,3H2,1-2H3,(H,16,17,18). The van der Waals surface area contributed by atoms with Crippen LogP contribution in [0.25, 0.3) is 21.3 Å². The van der Waals surface area contributed by atoms with Gasteiger partial charge in [-0.25, -0.2) is 4.98 Å². The second-order valence-corrected chi connectivity index (χ2v) is 5.39. The predicted molar refractivity (Wildman–Crippen MR) is 79.8 cm³/mol. The van der Waals surface area contributed by atoms with Crippen molar-refractivity contribution < 1.29 is 0 Å². The molecule has 0 saturated carbocycles. The maximum Gasteiger partial charge on any atom is 0.260 e. The van der Waals surface area contributed by atoms with Crippen LogP contribution in [0.1, 0.15) is 18.3 Å². The lowest BCUT2D eigenvalue weighted by atomic mass is 10.0. The number of H-pyrrole nitrogens is 1. The Labute approximate surface area is 115 Å². The van der Waals surface area contributed by atoms with Gasteiger partial charge in [0.05, 0.1) is 5.39 Å². The molecule has 1 aromatic carbocycles. The fourth-order valence-corrected chi connectivity index (χ4v) is 3.18. The normalized spacial score (nSPS) is 11.1. The lowest BCUT2D eigenvalue weighted by Crippen LogP contribution is -2.08. The molecule has 3 rings (SSSR count). The van der Waals surface area contributed by atoms with E-state index in [0.717, 1.165) is 22.4 Å². The zero-order valence-electron chi connectivity index (χ0n) is 10.9. The van der Waals surface area contributed by atoms with Gasteiger partial charge in [-0.3, -0.25) is 4.79 Å². The molecule has 2 heterocycles. The average molecular weight is 270 g/mol. The number of hydrogen-bond donors (Lipinski definition) is 1. The number of aromatic amines is 1. The Hall–Kier alpha value is -1.94. The molecule has 0 aliphatic heterocycles. The zero-order chi connectivity index (χ0) is 13.4. The molecule has 0 atom stereocenters. The van der Waals surface area contributed by atoms with Gasteiger partial charge < -0.3 is 4.98 Å². The van der Waals surface area contributed by atoms with Crippen molar-refractivity contribution in [3.05, 3.63) is 51.4 Å². The molecule has 0 saturated heterocycles. The monoisotopic (exact) mass is 270 g/mol. The highest BCUT2D eigenvalue weighted by molar-refractivity contribution is 7.17. The van der Waals surface area contributed by atoms with E-state index in [1.807, 2.05) is 5.38 Å². The summed E-state index contributed by atoms with van der Waals surface area (Å²) in [7, 11) is 0. The van der Waals surface area contributed by atoms with E-state index in [1.165, 1.54) is 16.9 Å². The molecule has 0 spiro atoms. The summed E-state index contributed by atoms with van der Waals surface area (Å²) in [5.41, 5.74) is 3.28. The van der Waals surface area contributed by atoms with Gasteiger partial charge in [0.2, 0.25) is 0 Å². The number of thiophene rings is 1. The van der Waals surface area contributed by atoms with Crippen LogP contribution < -0.4 is 5.56 Å². The molecule has 3 aromatic rings. The molecule has 1 N–H and O–H groups in total. The van der Waals surface area contributed by atoms with Gasteiger partial charge in [-0.1, -0.05) is 31.2 Å². The highest BCUT2D eigenvalue weighted by Gasteiger charge is 2.11. The first-order valence-corrected chi connectivity index (χ1v) is 7.14. The summed E-state index contributed by atoms with van der Waals surface area (Å²) >= 11 is 1.52. The second kappa shape index (κ2) is 4.63. The molecule has 0 unspecified atom stereocenters. The minimum absolute atomic E-state index is 0.0571. The molecule has 0 bridgehead atoms. The first-order valence-electron chi connectivity index (χ1n) is 6.26. The molecule has 0 amide bonds. The fourth-order valence-electron chi connectivity index (χ4n) is 2.19. The summed E-state index contributed by atoms with van der Waals surface area (Å²) < 4.78 is 0. The van der Waals surface area contributed by atoms with Gasteiger partial charge in [0.15, 0.2) is 0 Å². The third kappa shape index (κ3) is 2.08. The van der Waals surface area contributed by atoms with E-state index >= 15 is 0 Å². The van der Waals surface area contributed by atoms with E-state index in [0.29, 0.717) is 11.2 Å². The van der Waals surface area contributed by atoms with Crippen LogP contribution in [0, 0.1) is 6.92 Å². The minimum atomic E-state index is -0.0571. The van der Waals surface area contributed by atoms with Crippen LogP contribution in [-0.2, 0) is 6.42 Å². The fraction of sp³-hybridized carbons (Fsp3) is 0.200. The van der Waals surface area contributed by atoms with Gasteiger partial charge in [0, 0.05) is 10.9 Å². The Kier molecular flexibility index (Phi) is 2.95. The Morgan fingerprint density at radius 2 is 2.00 bits per heavy atom. The number of nitrogens with zero attached hydrogens (tertiary/aromatic N) is 1. The molecular formula is C15H14N2OS. The number of nitrogens with one attached hydrogen (secondary N) is 1. The van der Waals surface area contributed by atoms with Gasteiger partial charge in [-0.2, -0.15) is 0 Å². The van der Waals surface area contributed by atoms with Crippen LogP contribution in [0.3, 0.4) is 0 Å². The Morgan fingerprint density at radius 1 is 1.26 bits per heavy atom. The molecule has 4 heteroatoms. The minimum Gasteiger partial charge on any atom is -0.310 e. The van der Waals surface area contributed by atoms with E-state index in [4.69, 9.17) is 0 Å². The summed E-state index contributed by atoms with van der Waals surface area (Å²) in [5.74, 6) is 0.659. The van der Waals surface area contributed by atoms with Crippen molar-refractivity contribution in [2.75, 3.05) is 0 Å². The smallest absolute Gasteiger partial charge is 0.260 e. The summed E-state index contributed by atoms with van der Waals surface area (Å²) in [5, 5.41) is 2.70. The van der Waals surface area contributed by atoms with Crippen molar-refractivity contribution in [3.63, 3.8) is 0 Å². The maximum atomic E-state index is 12.1. The highest BCUT2D eigenvalue weighted by Crippen LogP contribution is 2.30. The largest absolute Gasteiger partial charge is 0.310 e. The van der Waals surface area contributed by atoms with Gasteiger partial charge in [-0.05, 0) is 24.5 Å². The van der Waals surface area contributed by atoms with E-state index in [1.54, 1.807) is 6.92 Å². The Bertz CT molecular complexity index is 784. The Balaban J connectivity index is 2.22. The number of benzene rings is 1. The summed E-state index contributed by atoms with van der Waals surface area (Å²) in [6.07, 6.45) is 1.02. The maximum absolute atomic E-state index is 12.1. The number of aromatic nitrogens is 2. The van der Waals surface area contributed by atoms with E-state index in [-0.39, 0.29) is 5.56 Å². The van der Waals surface area contributed by atoms with Crippen LogP contribution in [0.15, 0.2) is 34.4 Å². The first-order chi connectivity index (χ1) is 9.19. The van der Waals surface area contributed by atoms with Gasteiger partial charge in [-0.15, -0.1) is 11.3 Å². The molecule has 0 radical (unpaired) electrons. The number of fused-ring (bicyclic) bond motifs is 1. The quantitative estimate of drug-likeness (QED) is 0.774. The first kappa shape index (κ1) is 12.1. The molecule has 3 nitrogen and oxygen atoms in total. The average Bonchev–Trinajstić information content (AvgIpc) is 2.83. The summed E-state index contributed by atoms with van der Waals surface area (Å²) in [4.78, 5) is 20.0. The summed E-state index contributed by atoms with van der Waals surface area (Å²) in [6.45, 7) is 3.93. The topological polar surface area (TPSA) is 45.8 Å². The number of rotatable bonds is 2. The molecular weight excluding hydrogens is 256 g/mol. The van der Waals surface area contributed by atoms with Crippen molar-refractivity contribution in [1.82, 2.24) is 9.97 Å². The van der Waals surface area contributed by atoms with Crippen LogP contribution in [0.4, 0.5) is 0 Å². The number of hydrogen-bond acceptors (Lipinski definition) is 3. The third-order valence-electron chi connectivity index (χ3n) is 3.24. The Morgan fingerprint density at radius 3 is 2.68 bits per heavy atom. The van der Waals surface area contributed by atoms with Crippen molar-refractivity contribution in [1.29, 1.82) is 0 Å². The third-order valence-corrected chi connectivity index (χ3v) is 4.11. The lowest BCUT2D eigenvalue weighted by molar-refractivity contribution is 1.07. The number of aryl methyl sites for hydroxylation is 2. The van der Waals surface area contributed by atoms with Crippen molar-refractivity contribution in [3.8, 4) is 11.1 Å². The van der Waals surface area contributed by atoms with Gasteiger partial charge >= 0.3 is 0 Å². The molecule has 19 heavy (non-hydrogen) atoms. The molecule has 2 aromatic heterocycles. The van der Waals surface area contributed by atoms with Crippen molar-refractivity contribution >= 4 is 21.6 Å². The van der Waals surface area contributed by atoms with Crippen molar-refractivity contribution in [2.45, 2.75) is 20.3 Å². The highest BCUT2D eigenvalue weighted by atomic mass is 32.1.